The average molecular weight is 300 g/mol. The second-order valence-corrected chi connectivity index (χ2v) is 7.09. The Balaban J connectivity index is 2.54. The molecular formula is C14H24N2O3S. The number of pyridine rings is 1. The summed E-state index contributed by atoms with van der Waals surface area (Å²) in [7, 11) is -2.91. The van der Waals surface area contributed by atoms with Crippen LogP contribution in [0.15, 0.2) is 12.1 Å². The van der Waals surface area contributed by atoms with E-state index in [2.05, 4.69) is 10.3 Å². The van der Waals surface area contributed by atoms with E-state index in [4.69, 9.17) is 4.74 Å². The van der Waals surface area contributed by atoms with Gasteiger partial charge in [-0.2, -0.15) is 0 Å². The molecule has 1 rings (SSSR count). The van der Waals surface area contributed by atoms with Gasteiger partial charge in [-0.05, 0) is 32.0 Å². The molecule has 0 fully saturated rings. The second-order valence-electron chi connectivity index (χ2n) is 4.62. The number of aromatic nitrogens is 1. The van der Waals surface area contributed by atoms with Crippen LogP contribution in [0.25, 0.3) is 0 Å². The predicted molar refractivity (Wildman–Crippen MR) is 80.8 cm³/mol. The van der Waals surface area contributed by atoms with E-state index in [0.717, 1.165) is 23.7 Å². The van der Waals surface area contributed by atoms with E-state index < -0.39 is 9.84 Å². The average Bonchev–Trinajstić information content (AvgIpc) is 2.43. The Morgan fingerprint density at radius 2 is 2.05 bits per heavy atom. The molecule has 0 bridgehead atoms. The number of nitrogens with zero attached hydrogens (tertiary/aromatic N) is 1. The van der Waals surface area contributed by atoms with Gasteiger partial charge in [0.05, 0.1) is 18.1 Å². The number of rotatable bonds is 9. The summed E-state index contributed by atoms with van der Waals surface area (Å²) in [5.41, 5.74) is 1.81. The third-order valence-corrected chi connectivity index (χ3v) is 4.70. The summed E-state index contributed by atoms with van der Waals surface area (Å²) in [6.07, 6.45) is 0.505. The number of ether oxygens (including phenoxy) is 1. The summed E-state index contributed by atoms with van der Waals surface area (Å²) in [5.74, 6) is 1.08. The molecule has 0 unspecified atom stereocenters. The van der Waals surface area contributed by atoms with Gasteiger partial charge in [-0.25, -0.2) is 8.42 Å². The van der Waals surface area contributed by atoms with Crippen LogP contribution in [0.2, 0.25) is 0 Å². The highest BCUT2D eigenvalue weighted by molar-refractivity contribution is 7.91. The number of hydrogen-bond acceptors (Lipinski definition) is 5. The summed E-state index contributed by atoms with van der Waals surface area (Å²) in [4.78, 5) is 4.45. The molecule has 0 aliphatic carbocycles. The van der Waals surface area contributed by atoms with E-state index in [0.29, 0.717) is 19.6 Å². The van der Waals surface area contributed by atoms with Crippen LogP contribution in [-0.4, -0.2) is 38.1 Å². The summed E-state index contributed by atoms with van der Waals surface area (Å²) in [5, 5.41) is 3.22. The normalized spacial score (nSPS) is 11.6. The van der Waals surface area contributed by atoms with Crippen molar-refractivity contribution in [3.8, 4) is 5.75 Å². The van der Waals surface area contributed by atoms with Crippen molar-refractivity contribution < 1.29 is 13.2 Å². The maximum atomic E-state index is 11.4. The van der Waals surface area contributed by atoms with Crippen molar-refractivity contribution in [3.05, 3.63) is 23.5 Å². The lowest BCUT2D eigenvalue weighted by Crippen LogP contribution is -2.16. The van der Waals surface area contributed by atoms with Gasteiger partial charge in [-0.15, -0.1) is 0 Å². The Kier molecular flexibility index (Phi) is 6.95. The highest BCUT2D eigenvalue weighted by atomic mass is 32.2. The topological polar surface area (TPSA) is 68.3 Å². The molecule has 0 radical (unpaired) electrons. The molecule has 1 aromatic heterocycles. The van der Waals surface area contributed by atoms with Crippen molar-refractivity contribution in [2.75, 3.05) is 24.7 Å². The van der Waals surface area contributed by atoms with Crippen molar-refractivity contribution in [3.63, 3.8) is 0 Å². The van der Waals surface area contributed by atoms with Gasteiger partial charge in [0.1, 0.15) is 15.6 Å². The van der Waals surface area contributed by atoms with E-state index in [1.807, 2.05) is 26.0 Å². The third-order valence-electron chi connectivity index (χ3n) is 2.91. The number of hydrogen-bond donors (Lipinski definition) is 1. The van der Waals surface area contributed by atoms with E-state index in [1.54, 1.807) is 6.92 Å². The SMILES string of the molecule is CCNCc1nc(C)ccc1OCCCS(=O)(=O)CC. The lowest BCUT2D eigenvalue weighted by molar-refractivity contribution is 0.311. The van der Waals surface area contributed by atoms with Gasteiger partial charge in [0.25, 0.3) is 0 Å². The molecule has 1 N–H and O–H groups in total. The fraction of sp³-hybridized carbons (Fsp3) is 0.643. The molecule has 1 heterocycles. The van der Waals surface area contributed by atoms with Crippen molar-refractivity contribution in [2.24, 2.45) is 0 Å². The zero-order valence-corrected chi connectivity index (χ0v) is 13.3. The molecule has 0 saturated carbocycles. The fourth-order valence-corrected chi connectivity index (χ4v) is 2.55. The van der Waals surface area contributed by atoms with Gasteiger partial charge in [-0.3, -0.25) is 4.98 Å². The first-order chi connectivity index (χ1) is 9.48. The maximum absolute atomic E-state index is 11.4. The minimum atomic E-state index is -2.91. The smallest absolute Gasteiger partial charge is 0.150 e. The highest BCUT2D eigenvalue weighted by Gasteiger charge is 2.09. The first-order valence-corrected chi connectivity index (χ1v) is 8.81. The monoisotopic (exact) mass is 300 g/mol. The molecule has 0 aliphatic rings. The molecule has 0 saturated heterocycles. The first-order valence-electron chi connectivity index (χ1n) is 6.99. The van der Waals surface area contributed by atoms with E-state index in [1.165, 1.54) is 0 Å². The molecular weight excluding hydrogens is 276 g/mol. The van der Waals surface area contributed by atoms with E-state index in [9.17, 15) is 8.42 Å². The van der Waals surface area contributed by atoms with Gasteiger partial charge >= 0.3 is 0 Å². The van der Waals surface area contributed by atoms with Crippen LogP contribution in [-0.2, 0) is 16.4 Å². The van der Waals surface area contributed by atoms with Crippen molar-refractivity contribution in [2.45, 2.75) is 33.7 Å². The molecule has 5 nitrogen and oxygen atoms in total. The molecule has 0 aromatic carbocycles. The third kappa shape index (κ3) is 5.88. The maximum Gasteiger partial charge on any atom is 0.150 e. The standard InChI is InChI=1S/C14H24N2O3S/c1-4-15-11-13-14(8-7-12(3)16-13)19-9-6-10-20(17,18)5-2/h7-8,15H,4-6,9-11H2,1-3H3. The quantitative estimate of drug-likeness (QED) is 0.703. The van der Waals surface area contributed by atoms with Crippen molar-refractivity contribution >= 4 is 9.84 Å². The van der Waals surface area contributed by atoms with Crippen LogP contribution in [0, 0.1) is 6.92 Å². The second kappa shape index (κ2) is 8.21. The van der Waals surface area contributed by atoms with Gasteiger partial charge in [-0.1, -0.05) is 13.8 Å². The lowest BCUT2D eigenvalue weighted by atomic mass is 10.3. The Labute approximate surface area is 121 Å². The Hall–Kier alpha value is -1.14. The van der Waals surface area contributed by atoms with Crippen molar-refractivity contribution in [1.29, 1.82) is 0 Å². The van der Waals surface area contributed by atoms with Crippen LogP contribution in [0.5, 0.6) is 5.75 Å². The molecule has 20 heavy (non-hydrogen) atoms. The molecule has 6 heteroatoms. The predicted octanol–water partition coefficient (Wildman–Crippen LogP) is 1.70. The van der Waals surface area contributed by atoms with E-state index in [-0.39, 0.29) is 11.5 Å². The highest BCUT2D eigenvalue weighted by Crippen LogP contribution is 2.17. The number of nitrogens with one attached hydrogen (secondary N) is 1. The fourth-order valence-electron chi connectivity index (χ4n) is 1.70. The van der Waals surface area contributed by atoms with Crippen LogP contribution >= 0.6 is 0 Å². The molecule has 114 valence electrons. The molecule has 1 aromatic rings. The molecule has 0 amide bonds. The Morgan fingerprint density at radius 1 is 1.30 bits per heavy atom. The minimum absolute atomic E-state index is 0.172. The lowest BCUT2D eigenvalue weighted by Gasteiger charge is -2.11. The summed E-state index contributed by atoms with van der Waals surface area (Å²) < 4.78 is 28.4. The van der Waals surface area contributed by atoms with Crippen LogP contribution in [0.4, 0.5) is 0 Å². The number of aryl methyl sites for hydroxylation is 1. The van der Waals surface area contributed by atoms with E-state index >= 15 is 0 Å². The largest absolute Gasteiger partial charge is 0.492 e. The van der Waals surface area contributed by atoms with Crippen LogP contribution < -0.4 is 10.1 Å². The summed E-state index contributed by atoms with van der Waals surface area (Å²) >= 11 is 0. The van der Waals surface area contributed by atoms with Crippen molar-refractivity contribution in [1.82, 2.24) is 10.3 Å². The van der Waals surface area contributed by atoms with Crippen LogP contribution in [0.3, 0.4) is 0 Å². The zero-order chi connectivity index (χ0) is 15.0. The Bertz CT molecular complexity index is 515. The molecule has 0 atom stereocenters. The van der Waals surface area contributed by atoms with Gasteiger partial charge in [0.2, 0.25) is 0 Å². The Morgan fingerprint density at radius 3 is 2.70 bits per heavy atom. The zero-order valence-electron chi connectivity index (χ0n) is 12.5. The van der Waals surface area contributed by atoms with Gasteiger partial charge in [0, 0.05) is 18.0 Å². The van der Waals surface area contributed by atoms with Crippen LogP contribution in [0.1, 0.15) is 31.7 Å². The molecule has 0 aliphatic heterocycles. The first kappa shape index (κ1) is 16.9. The summed E-state index contributed by atoms with van der Waals surface area (Å²) in [6.45, 7) is 7.54. The number of sulfone groups is 1. The summed E-state index contributed by atoms with van der Waals surface area (Å²) in [6, 6.07) is 3.79. The van der Waals surface area contributed by atoms with Gasteiger partial charge in [0.15, 0.2) is 0 Å². The molecule has 0 spiro atoms. The van der Waals surface area contributed by atoms with Gasteiger partial charge < -0.3 is 10.1 Å². The minimum Gasteiger partial charge on any atom is -0.492 e.